The number of rotatable bonds is 10. The van der Waals surface area contributed by atoms with E-state index in [1.807, 2.05) is 35.2 Å². The average molecular weight is 801 g/mol. The van der Waals surface area contributed by atoms with Crippen LogP contribution >= 0.6 is 11.8 Å². The quantitative estimate of drug-likeness (QED) is 0.149. The molecule has 2 aliphatic heterocycles. The van der Waals surface area contributed by atoms with Gasteiger partial charge < -0.3 is 24.6 Å². The molecule has 1 atom stereocenters. The number of hydrogen-bond donors (Lipinski definition) is 4. The Labute approximate surface area is 316 Å². The highest BCUT2D eigenvalue weighted by atomic mass is 32.2. The van der Waals surface area contributed by atoms with Crippen LogP contribution in [0.25, 0.3) is 0 Å². The zero-order chi connectivity index (χ0) is 38.3. The lowest BCUT2D eigenvalue weighted by atomic mass is 10.1. The van der Waals surface area contributed by atoms with E-state index >= 15 is 0 Å². The number of benzene rings is 4. The van der Waals surface area contributed by atoms with Crippen molar-refractivity contribution < 1.29 is 41.2 Å². The second kappa shape index (κ2) is 17.4. The first kappa shape index (κ1) is 40.1. The highest BCUT2D eigenvalue weighted by Crippen LogP contribution is 2.42. The summed E-state index contributed by atoms with van der Waals surface area (Å²) in [5, 5.41) is 29.6. The molecular formula is C36H40N4O9S4. The summed E-state index contributed by atoms with van der Waals surface area (Å²) < 4.78 is 62.2. The Hall–Kier alpha value is -4.10. The van der Waals surface area contributed by atoms with Crippen LogP contribution in [0.2, 0.25) is 0 Å². The molecule has 2 aliphatic rings. The Morgan fingerprint density at radius 2 is 1.08 bits per heavy atom. The molecule has 6 N–H and O–H groups in total. The maximum Gasteiger partial charge on any atom is 0.335 e. The van der Waals surface area contributed by atoms with Gasteiger partial charge in [0.15, 0.2) is 4.90 Å². The minimum atomic E-state index is -4.29. The van der Waals surface area contributed by atoms with E-state index in [1.165, 1.54) is 17.8 Å². The predicted molar refractivity (Wildman–Crippen MR) is 203 cm³/mol. The van der Waals surface area contributed by atoms with Crippen LogP contribution in [0, 0.1) is 0 Å². The van der Waals surface area contributed by atoms with E-state index in [1.54, 1.807) is 36.4 Å². The van der Waals surface area contributed by atoms with Gasteiger partial charge in [0.05, 0.1) is 32.3 Å². The van der Waals surface area contributed by atoms with Gasteiger partial charge in [0.1, 0.15) is 4.90 Å². The van der Waals surface area contributed by atoms with Crippen LogP contribution in [-0.4, -0.2) is 69.7 Å². The van der Waals surface area contributed by atoms with E-state index in [-0.39, 0.29) is 20.9 Å². The zero-order valence-electron chi connectivity index (χ0n) is 28.6. The zero-order valence-corrected chi connectivity index (χ0v) is 31.9. The first-order valence-corrected chi connectivity index (χ1v) is 21.8. The van der Waals surface area contributed by atoms with Gasteiger partial charge in [-0.15, -0.1) is 0 Å². The van der Waals surface area contributed by atoms with Crippen molar-refractivity contribution in [2.75, 3.05) is 36.0 Å². The SMILES string of the molecule is NS(=O)(=O)c1cc(C(=O)O)cc(N2CCCCC2)c1Sc1ccccc1.NS(=O)(=O)c1cc(C(=O)O)cc(N2CCCCC2)c1[S+]([O-])c1ccccc1. The molecule has 2 heterocycles. The largest absolute Gasteiger partial charge is 0.606 e. The van der Waals surface area contributed by atoms with Gasteiger partial charge in [-0.05, 0) is 87.1 Å². The number of aromatic carboxylic acids is 2. The molecule has 0 bridgehead atoms. The lowest BCUT2D eigenvalue weighted by molar-refractivity contribution is 0.0685. The first-order valence-electron chi connectivity index (χ1n) is 16.7. The van der Waals surface area contributed by atoms with Crippen molar-refractivity contribution >= 4 is 66.3 Å². The van der Waals surface area contributed by atoms with Crippen LogP contribution in [0.1, 0.15) is 59.2 Å². The van der Waals surface area contributed by atoms with Crippen LogP contribution in [0.5, 0.6) is 0 Å². The smallest absolute Gasteiger partial charge is 0.335 e. The van der Waals surface area contributed by atoms with Crippen molar-refractivity contribution in [2.24, 2.45) is 10.3 Å². The van der Waals surface area contributed by atoms with E-state index in [9.17, 15) is 41.2 Å². The number of anilines is 2. The number of piperidine rings is 2. The third-order valence-corrected chi connectivity index (χ3v) is 13.4. The molecule has 53 heavy (non-hydrogen) atoms. The molecule has 0 aromatic heterocycles. The molecule has 2 saturated heterocycles. The van der Waals surface area contributed by atoms with Gasteiger partial charge in [-0.25, -0.2) is 36.7 Å². The molecule has 0 amide bonds. The van der Waals surface area contributed by atoms with Gasteiger partial charge in [0, 0.05) is 42.3 Å². The number of nitrogens with zero attached hydrogens (tertiary/aromatic N) is 2. The Kier molecular flexibility index (Phi) is 13.1. The van der Waals surface area contributed by atoms with Gasteiger partial charge in [0.2, 0.25) is 24.9 Å². The molecule has 13 nitrogen and oxygen atoms in total. The minimum absolute atomic E-state index is 0.0376. The van der Waals surface area contributed by atoms with Crippen LogP contribution in [-0.2, 0) is 31.2 Å². The van der Waals surface area contributed by atoms with E-state index in [0.717, 1.165) is 68.6 Å². The van der Waals surface area contributed by atoms with Crippen LogP contribution in [0.15, 0.2) is 114 Å². The lowest BCUT2D eigenvalue weighted by Crippen LogP contribution is -2.32. The summed E-state index contributed by atoms with van der Waals surface area (Å²) in [4.78, 5) is 28.2. The third-order valence-electron chi connectivity index (χ3n) is 8.68. The van der Waals surface area contributed by atoms with Crippen molar-refractivity contribution in [2.45, 2.75) is 67.9 Å². The number of carboxylic acid groups (broad SMARTS) is 2. The van der Waals surface area contributed by atoms with Crippen LogP contribution < -0.4 is 20.1 Å². The van der Waals surface area contributed by atoms with Crippen LogP contribution in [0.4, 0.5) is 11.4 Å². The van der Waals surface area contributed by atoms with Gasteiger partial charge in [-0.3, -0.25) is 0 Å². The highest BCUT2D eigenvalue weighted by Gasteiger charge is 2.33. The second-order valence-corrected chi connectivity index (χ2v) is 18.0. The van der Waals surface area contributed by atoms with Gasteiger partial charge >= 0.3 is 11.9 Å². The summed E-state index contributed by atoms with van der Waals surface area (Å²) in [6, 6.07) is 22.9. The fourth-order valence-electron chi connectivity index (χ4n) is 6.14. The summed E-state index contributed by atoms with van der Waals surface area (Å²) in [5.41, 5.74) is 0.684. The lowest BCUT2D eigenvalue weighted by Gasteiger charge is -2.31. The topological polar surface area (TPSA) is 224 Å². The van der Waals surface area contributed by atoms with E-state index in [0.29, 0.717) is 34.3 Å². The molecule has 4 aromatic carbocycles. The molecule has 6 rings (SSSR count). The summed E-state index contributed by atoms with van der Waals surface area (Å²) in [6.45, 7) is 2.78. The van der Waals surface area contributed by atoms with Crippen molar-refractivity contribution in [1.82, 2.24) is 0 Å². The maximum atomic E-state index is 13.3. The third kappa shape index (κ3) is 10.1. The highest BCUT2D eigenvalue weighted by molar-refractivity contribution is 8.00. The van der Waals surface area contributed by atoms with Crippen molar-refractivity contribution in [3.05, 3.63) is 96.1 Å². The fourth-order valence-corrected chi connectivity index (χ4v) is 10.7. The molecular weight excluding hydrogens is 761 g/mol. The summed E-state index contributed by atoms with van der Waals surface area (Å²) in [6.07, 6.45) is 5.89. The number of hydrogen-bond acceptors (Lipinski definition) is 10. The molecule has 0 aliphatic carbocycles. The fraction of sp³-hybridized carbons (Fsp3) is 0.278. The number of sulfonamides is 2. The Morgan fingerprint density at radius 3 is 1.55 bits per heavy atom. The van der Waals surface area contributed by atoms with Crippen molar-refractivity contribution in [3.8, 4) is 0 Å². The van der Waals surface area contributed by atoms with Crippen LogP contribution in [0.3, 0.4) is 0 Å². The Balaban J connectivity index is 0.000000204. The monoisotopic (exact) mass is 800 g/mol. The minimum Gasteiger partial charge on any atom is -0.606 e. The Bertz CT molecular complexity index is 2160. The normalized spacial score (nSPS) is 15.6. The second-order valence-electron chi connectivity index (χ2n) is 12.4. The molecule has 0 saturated carbocycles. The van der Waals surface area contributed by atoms with Gasteiger partial charge in [0.25, 0.3) is 0 Å². The number of nitrogens with two attached hydrogens (primary N) is 2. The van der Waals surface area contributed by atoms with E-state index < -0.39 is 48.1 Å². The maximum absolute atomic E-state index is 13.3. The van der Waals surface area contributed by atoms with Crippen molar-refractivity contribution in [1.29, 1.82) is 0 Å². The van der Waals surface area contributed by atoms with Crippen molar-refractivity contribution in [3.63, 3.8) is 0 Å². The molecule has 1 unspecified atom stereocenters. The standard InChI is InChI=1S/C18H20N2O5S2.C18H20N2O4S2/c19-27(24,25)16-12-13(18(21)22)11-15(20-9-5-2-6-10-20)17(16)26(23)14-7-3-1-4-8-14;19-26(23,24)16-12-13(18(21)22)11-15(20-9-5-2-6-10-20)17(16)25-14-7-3-1-4-8-14/h1,3-4,7-8,11-12H,2,5-6,9-10H2,(H,21,22)(H2,19,24,25);1,3-4,7-8,11-12H,2,5-6,9-10H2,(H,21,22)(H2,19,23,24). The molecule has 282 valence electrons. The van der Waals surface area contributed by atoms with Gasteiger partial charge in [-0.1, -0.05) is 48.2 Å². The van der Waals surface area contributed by atoms with Gasteiger partial charge in [-0.2, -0.15) is 0 Å². The molecule has 0 spiro atoms. The average Bonchev–Trinajstić information content (AvgIpc) is 3.15. The molecule has 2 fully saturated rings. The molecule has 0 radical (unpaired) electrons. The molecule has 4 aromatic rings. The number of carboxylic acids is 2. The predicted octanol–water partition coefficient (Wildman–Crippen LogP) is 5.36. The summed E-state index contributed by atoms with van der Waals surface area (Å²) in [7, 11) is -8.37. The first-order chi connectivity index (χ1) is 25.1. The number of primary sulfonamides is 2. The Morgan fingerprint density at radius 1 is 0.642 bits per heavy atom. The number of carbonyl (C=O) groups is 2. The summed E-state index contributed by atoms with van der Waals surface area (Å²) >= 11 is -0.545. The van der Waals surface area contributed by atoms with E-state index in [2.05, 4.69) is 4.90 Å². The molecule has 17 heteroatoms. The summed E-state index contributed by atoms with van der Waals surface area (Å²) in [5.74, 6) is -2.44. The van der Waals surface area contributed by atoms with E-state index in [4.69, 9.17) is 10.3 Å².